The molecule has 0 saturated carbocycles. The van der Waals surface area contributed by atoms with Crippen LogP contribution in [-0.2, 0) is 0 Å². The minimum atomic E-state index is -0.0946. The van der Waals surface area contributed by atoms with Crippen LogP contribution >= 0.6 is 23.2 Å². The van der Waals surface area contributed by atoms with E-state index in [1.165, 1.54) is 4.90 Å². The molecule has 4 nitrogen and oxygen atoms in total. The van der Waals surface area contributed by atoms with E-state index in [0.717, 1.165) is 5.69 Å². The minimum absolute atomic E-state index is 0.0946. The molecule has 0 unspecified atom stereocenters. The SMILES string of the molecule is CN(C)C(=O)c1ccc(Nc2ccc(Cl)c(Cl)c2)c(N)c1. The van der Waals surface area contributed by atoms with Gasteiger partial charge in [0.1, 0.15) is 0 Å². The third-order valence-electron chi connectivity index (χ3n) is 2.90. The molecule has 0 aromatic heterocycles. The number of nitrogens with zero attached hydrogens (tertiary/aromatic N) is 1. The van der Waals surface area contributed by atoms with Crippen LogP contribution in [0.2, 0.25) is 10.0 Å². The summed E-state index contributed by atoms with van der Waals surface area (Å²) < 4.78 is 0. The Balaban J connectivity index is 2.25. The summed E-state index contributed by atoms with van der Waals surface area (Å²) in [6.07, 6.45) is 0. The van der Waals surface area contributed by atoms with Gasteiger partial charge in [0.15, 0.2) is 0 Å². The molecule has 0 aliphatic rings. The Morgan fingerprint density at radius 2 is 1.81 bits per heavy atom. The number of nitrogens with one attached hydrogen (secondary N) is 1. The van der Waals surface area contributed by atoms with Crippen LogP contribution < -0.4 is 11.1 Å². The topological polar surface area (TPSA) is 58.4 Å². The Morgan fingerprint density at radius 3 is 2.38 bits per heavy atom. The highest BCUT2D eigenvalue weighted by Gasteiger charge is 2.10. The van der Waals surface area contributed by atoms with Crippen LogP contribution in [-0.4, -0.2) is 24.9 Å². The van der Waals surface area contributed by atoms with Crippen molar-refractivity contribution in [2.45, 2.75) is 0 Å². The number of nitrogen functional groups attached to an aromatic ring is 1. The normalized spacial score (nSPS) is 10.3. The van der Waals surface area contributed by atoms with Crippen LogP contribution in [0.25, 0.3) is 0 Å². The lowest BCUT2D eigenvalue weighted by Gasteiger charge is -2.14. The number of benzene rings is 2. The van der Waals surface area contributed by atoms with E-state index in [-0.39, 0.29) is 5.91 Å². The fourth-order valence-corrected chi connectivity index (χ4v) is 2.10. The van der Waals surface area contributed by atoms with Crippen molar-refractivity contribution in [3.63, 3.8) is 0 Å². The number of carbonyl (C=O) groups is 1. The maximum atomic E-state index is 11.9. The fraction of sp³-hybridized carbons (Fsp3) is 0.133. The zero-order chi connectivity index (χ0) is 15.6. The lowest BCUT2D eigenvalue weighted by atomic mass is 10.1. The van der Waals surface area contributed by atoms with Crippen LogP contribution in [0.5, 0.6) is 0 Å². The van der Waals surface area contributed by atoms with Gasteiger partial charge >= 0.3 is 0 Å². The van der Waals surface area contributed by atoms with Crippen molar-refractivity contribution >= 4 is 46.2 Å². The maximum Gasteiger partial charge on any atom is 0.253 e. The van der Waals surface area contributed by atoms with Gasteiger partial charge in [-0.1, -0.05) is 23.2 Å². The smallest absolute Gasteiger partial charge is 0.253 e. The monoisotopic (exact) mass is 323 g/mol. The van der Waals surface area contributed by atoms with Crippen molar-refractivity contribution < 1.29 is 4.79 Å². The first-order valence-electron chi connectivity index (χ1n) is 6.21. The van der Waals surface area contributed by atoms with Crippen molar-refractivity contribution in [3.8, 4) is 0 Å². The molecule has 2 rings (SSSR count). The molecule has 0 aliphatic heterocycles. The molecule has 1 amide bonds. The van der Waals surface area contributed by atoms with Crippen LogP contribution in [0.3, 0.4) is 0 Å². The molecule has 0 atom stereocenters. The molecule has 0 radical (unpaired) electrons. The summed E-state index contributed by atoms with van der Waals surface area (Å²) in [5, 5.41) is 4.09. The predicted molar refractivity (Wildman–Crippen MR) is 88.6 cm³/mol. The molecule has 3 N–H and O–H groups in total. The number of nitrogens with two attached hydrogens (primary N) is 1. The molecule has 0 fully saturated rings. The molecule has 2 aromatic rings. The fourth-order valence-electron chi connectivity index (χ4n) is 1.80. The van der Waals surface area contributed by atoms with Gasteiger partial charge in [-0.05, 0) is 36.4 Å². The number of anilines is 3. The number of hydrogen-bond acceptors (Lipinski definition) is 3. The van der Waals surface area contributed by atoms with E-state index >= 15 is 0 Å². The summed E-state index contributed by atoms with van der Waals surface area (Å²) >= 11 is 11.8. The van der Waals surface area contributed by atoms with Gasteiger partial charge in [0.25, 0.3) is 5.91 Å². The number of rotatable bonds is 3. The molecule has 2 aromatic carbocycles. The van der Waals surface area contributed by atoms with Crippen molar-refractivity contribution in [1.82, 2.24) is 4.90 Å². The minimum Gasteiger partial charge on any atom is -0.397 e. The van der Waals surface area contributed by atoms with E-state index in [9.17, 15) is 4.79 Å². The van der Waals surface area contributed by atoms with Crippen molar-refractivity contribution in [3.05, 3.63) is 52.0 Å². The summed E-state index contributed by atoms with van der Waals surface area (Å²) in [7, 11) is 3.39. The molecular formula is C15H15Cl2N3O. The summed E-state index contributed by atoms with van der Waals surface area (Å²) in [6, 6.07) is 10.3. The molecule has 0 spiro atoms. The lowest BCUT2D eigenvalue weighted by molar-refractivity contribution is 0.0827. The van der Waals surface area contributed by atoms with Crippen LogP contribution in [0.4, 0.5) is 17.1 Å². The van der Waals surface area contributed by atoms with Gasteiger partial charge in [0.2, 0.25) is 0 Å². The zero-order valence-electron chi connectivity index (χ0n) is 11.7. The second-order valence-electron chi connectivity index (χ2n) is 4.76. The van der Waals surface area contributed by atoms with Crippen LogP contribution in [0.1, 0.15) is 10.4 Å². The van der Waals surface area contributed by atoms with Crippen molar-refractivity contribution in [1.29, 1.82) is 0 Å². The Labute approximate surface area is 133 Å². The van der Waals surface area contributed by atoms with Gasteiger partial charge in [0, 0.05) is 25.3 Å². The largest absolute Gasteiger partial charge is 0.397 e. The third-order valence-corrected chi connectivity index (χ3v) is 3.64. The molecule has 0 saturated heterocycles. The molecule has 0 bridgehead atoms. The van der Waals surface area contributed by atoms with E-state index in [2.05, 4.69) is 5.32 Å². The molecule has 0 aliphatic carbocycles. The lowest BCUT2D eigenvalue weighted by Crippen LogP contribution is -2.21. The van der Waals surface area contributed by atoms with Gasteiger partial charge < -0.3 is 16.0 Å². The van der Waals surface area contributed by atoms with E-state index in [0.29, 0.717) is 27.0 Å². The Hall–Kier alpha value is -1.91. The van der Waals surface area contributed by atoms with Gasteiger partial charge in [-0.3, -0.25) is 4.79 Å². The summed E-state index contributed by atoms with van der Waals surface area (Å²) in [5.41, 5.74) is 8.47. The Kier molecular flexibility index (Phi) is 4.60. The molecular weight excluding hydrogens is 309 g/mol. The third kappa shape index (κ3) is 3.60. The number of halogens is 2. The van der Waals surface area contributed by atoms with E-state index in [4.69, 9.17) is 28.9 Å². The maximum absolute atomic E-state index is 11.9. The van der Waals surface area contributed by atoms with Gasteiger partial charge in [-0.15, -0.1) is 0 Å². The first-order valence-corrected chi connectivity index (χ1v) is 6.97. The molecule has 110 valence electrons. The molecule has 6 heteroatoms. The standard InChI is InChI=1S/C15H15Cl2N3O/c1-20(2)15(21)9-3-6-14(13(18)7-9)19-10-4-5-11(16)12(17)8-10/h3-8,19H,18H2,1-2H3. The van der Waals surface area contributed by atoms with Crippen molar-refractivity contribution in [2.75, 3.05) is 25.1 Å². The van der Waals surface area contributed by atoms with Crippen LogP contribution in [0.15, 0.2) is 36.4 Å². The van der Waals surface area contributed by atoms with Crippen molar-refractivity contribution in [2.24, 2.45) is 0 Å². The van der Waals surface area contributed by atoms with E-state index in [1.54, 1.807) is 50.5 Å². The summed E-state index contributed by atoms with van der Waals surface area (Å²) in [6.45, 7) is 0. The summed E-state index contributed by atoms with van der Waals surface area (Å²) in [5.74, 6) is -0.0946. The summed E-state index contributed by atoms with van der Waals surface area (Å²) in [4.78, 5) is 13.4. The van der Waals surface area contributed by atoms with E-state index in [1.807, 2.05) is 0 Å². The second-order valence-corrected chi connectivity index (χ2v) is 5.57. The number of carbonyl (C=O) groups excluding carboxylic acids is 1. The van der Waals surface area contributed by atoms with Crippen LogP contribution in [0, 0.1) is 0 Å². The quantitative estimate of drug-likeness (QED) is 0.838. The highest BCUT2D eigenvalue weighted by Crippen LogP contribution is 2.29. The zero-order valence-corrected chi connectivity index (χ0v) is 13.2. The highest BCUT2D eigenvalue weighted by molar-refractivity contribution is 6.42. The Bertz CT molecular complexity index is 687. The Morgan fingerprint density at radius 1 is 1.10 bits per heavy atom. The molecule has 21 heavy (non-hydrogen) atoms. The number of hydrogen-bond donors (Lipinski definition) is 2. The van der Waals surface area contributed by atoms with E-state index < -0.39 is 0 Å². The molecule has 0 heterocycles. The average molecular weight is 324 g/mol. The second kappa shape index (κ2) is 6.24. The average Bonchev–Trinajstić information content (AvgIpc) is 2.44. The van der Waals surface area contributed by atoms with Gasteiger partial charge in [0.05, 0.1) is 21.4 Å². The first-order chi connectivity index (χ1) is 9.88. The first kappa shape index (κ1) is 15.5. The van der Waals surface area contributed by atoms with Gasteiger partial charge in [-0.2, -0.15) is 0 Å². The highest BCUT2D eigenvalue weighted by atomic mass is 35.5. The van der Waals surface area contributed by atoms with Gasteiger partial charge in [-0.25, -0.2) is 0 Å². The predicted octanol–water partition coefficient (Wildman–Crippen LogP) is 4.02. The number of amides is 1.